The molecule has 1 aromatic carbocycles. The molecule has 0 spiro atoms. The molecule has 4 heteroatoms. The van der Waals surface area contributed by atoms with Gasteiger partial charge in [0.15, 0.2) is 0 Å². The summed E-state index contributed by atoms with van der Waals surface area (Å²) in [6.45, 7) is 0.620. The van der Waals surface area contributed by atoms with Gasteiger partial charge in [0.2, 0.25) is 5.89 Å². The summed E-state index contributed by atoms with van der Waals surface area (Å²) in [4.78, 5) is 8.94. The van der Waals surface area contributed by atoms with Gasteiger partial charge in [-0.2, -0.15) is 5.48 Å². The lowest BCUT2D eigenvalue weighted by Crippen LogP contribution is -2.11. The molecule has 1 aromatic heterocycles. The number of rotatable bonds is 4. The lowest BCUT2D eigenvalue weighted by Gasteiger charge is -2.06. The van der Waals surface area contributed by atoms with Gasteiger partial charge in [0.05, 0.1) is 13.3 Å². The van der Waals surface area contributed by atoms with Gasteiger partial charge in [-0.05, 0) is 11.6 Å². The minimum atomic E-state index is 0.620. The minimum absolute atomic E-state index is 0.620. The summed E-state index contributed by atoms with van der Waals surface area (Å²) in [6, 6.07) is 7.90. The van der Waals surface area contributed by atoms with E-state index >= 15 is 0 Å². The third kappa shape index (κ3) is 2.23. The molecule has 78 valence electrons. The average molecular weight is 204 g/mol. The molecule has 1 N–H and O–H groups in total. The van der Waals surface area contributed by atoms with Gasteiger partial charge in [-0.15, -0.1) is 0 Å². The zero-order chi connectivity index (χ0) is 10.5. The summed E-state index contributed by atoms with van der Waals surface area (Å²) in [7, 11) is 1.59. The highest BCUT2D eigenvalue weighted by molar-refractivity contribution is 5.58. The largest absolute Gasteiger partial charge is 0.445 e. The first-order valence-electron chi connectivity index (χ1n) is 4.65. The van der Waals surface area contributed by atoms with Gasteiger partial charge in [-0.1, -0.05) is 18.2 Å². The molecule has 0 fully saturated rings. The van der Waals surface area contributed by atoms with E-state index in [0.717, 1.165) is 11.1 Å². The van der Waals surface area contributed by atoms with E-state index in [1.807, 2.05) is 24.3 Å². The van der Waals surface area contributed by atoms with Crippen LogP contribution in [0.1, 0.15) is 5.56 Å². The quantitative estimate of drug-likeness (QED) is 0.774. The van der Waals surface area contributed by atoms with Crippen LogP contribution in [-0.4, -0.2) is 12.1 Å². The minimum Gasteiger partial charge on any atom is -0.445 e. The standard InChI is InChI=1S/C11H12N2O2/c1-14-13-8-9-4-2-3-5-10(9)11-12-6-7-15-11/h2-7,13H,8H2,1H3. The van der Waals surface area contributed by atoms with E-state index < -0.39 is 0 Å². The van der Waals surface area contributed by atoms with E-state index in [9.17, 15) is 0 Å². The fraction of sp³-hybridized carbons (Fsp3) is 0.182. The Morgan fingerprint density at radius 2 is 2.27 bits per heavy atom. The van der Waals surface area contributed by atoms with Crippen LogP contribution in [0.25, 0.3) is 11.5 Å². The van der Waals surface area contributed by atoms with Crippen LogP contribution in [0.4, 0.5) is 0 Å². The van der Waals surface area contributed by atoms with Crippen molar-refractivity contribution < 1.29 is 9.25 Å². The fourth-order valence-electron chi connectivity index (χ4n) is 1.39. The average Bonchev–Trinajstić information content (AvgIpc) is 2.80. The smallest absolute Gasteiger partial charge is 0.226 e. The van der Waals surface area contributed by atoms with Crippen LogP contribution in [0.15, 0.2) is 41.1 Å². The predicted octanol–water partition coefficient (Wildman–Crippen LogP) is 1.99. The molecule has 0 amide bonds. The molecular weight excluding hydrogens is 192 g/mol. The van der Waals surface area contributed by atoms with E-state index in [2.05, 4.69) is 10.5 Å². The number of nitrogens with zero attached hydrogens (tertiary/aromatic N) is 1. The lowest BCUT2D eigenvalue weighted by molar-refractivity contribution is 0.0868. The molecule has 0 aliphatic carbocycles. The second-order valence-corrected chi connectivity index (χ2v) is 3.02. The summed E-state index contributed by atoms with van der Waals surface area (Å²) in [5.41, 5.74) is 4.86. The Hall–Kier alpha value is -1.65. The molecule has 0 bridgehead atoms. The molecule has 4 nitrogen and oxygen atoms in total. The molecule has 0 unspecified atom stereocenters. The van der Waals surface area contributed by atoms with Crippen LogP contribution in [0, 0.1) is 0 Å². The molecule has 2 aromatic rings. The van der Waals surface area contributed by atoms with E-state index in [-0.39, 0.29) is 0 Å². The van der Waals surface area contributed by atoms with Crippen LogP contribution < -0.4 is 5.48 Å². The van der Waals surface area contributed by atoms with Gasteiger partial charge < -0.3 is 9.25 Å². The Morgan fingerprint density at radius 1 is 1.40 bits per heavy atom. The molecule has 2 rings (SSSR count). The van der Waals surface area contributed by atoms with Crippen molar-refractivity contribution in [3.05, 3.63) is 42.3 Å². The number of hydroxylamine groups is 1. The molecule has 0 radical (unpaired) electrons. The monoisotopic (exact) mass is 204 g/mol. The number of oxazole rings is 1. The summed E-state index contributed by atoms with van der Waals surface area (Å²) < 4.78 is 5.26. The summed E-state index contributed by atoms with van der Waals surface area (Å²) in [6.07, 6.45) is 3.20. The van der Waals surface area contributed by atoms with Crippen molar-refractivity contribution in [1.29, 1.82) is 0 Å². The van der Waals surface area contributed by atoms with E-state index in [0.29, 0.717) is 12.4 Å². The third-order valence-corrected chi connectivity index (χ3v) is 2.09. The third-order valence-electron chi connectivity index (χ3n) is 2.09. The maximum absolute atomic E-state index is 5.26. The van der Waals surface area contributed by atoms with Crippen molar-refractivity contribution in [2.24, 2.45) is 0 Å². The topological polar surface area (TPSA) is 47.3 Å². The van der Waals surface area contributed by atoms with Crippen molar-refractivity contribution in [3.63, 3.8) is 0 Å². The number of aromatic nitrogens is 1. The van der Waals surface area contributed by atoms with Gasteiger partial charge in [-0.3, -0.25) is 0 Å². The van der Waals surface area contributed by atoms with E-state index in [1.165, 1.54) is 0 Å². The maximum Gasteiger partial charge on any atom is 0.226 e. The molecular formula is C11H12N2O2. The highest BCUT2D eigenvalue weighted by Gasteiger charge is 2.07. The fourth-order valence-corrected chi connectivity index (χ4v) is 1.39. The van der Waals surface area contributed by atoms with Crippen molar-refractivity contribution in [3.8, 4) is 11.5 Å². The van der Waals surface area contributed by atoms with Crippen LogP contribution >= 0.6 is 0 Å². The summed E-state index contributed by atoms with van der Waals surface area (Å²) in [5.74, 6) is 0.628. The van der Waals surface area contributed by atoms with Crippen LogP contribution in [0.2, 0.25) is 0 Å². The first-order chi connectivity index (χ1) is 7.42. The number of hydrogen-bond donors (Lipinski definition) is 1. The first-order valence-corrected chi connectivity index (χ1v) is 4.65. The number of benzene rings is 1. The zero-order valence-corrected chi connectivity index (χ0v) is 8.43. The van der Waals surface area contributed by atoms with Crippen molar-refractivity contribution >= 4 is 0 Å². The number of hydrogen-bond acceptors (Lipinski definition) is 4. The Balaban J connectivity index is 2.30. The Bertz CT molecular complexity index is 412. The van der Waals surface area contributed by atoms with E-state index in [4.69, 9.17) is 9.25 Å². The second kappa shape index (κ2) is 4.72. The predicted molar refractivity (Wildman–Crippen MR) is 55.8 cm³/mol. The Labute approximate surface area is 87.8 Å². The first kappa shape index (κ1) is 9.89. The lowest BCUT2D eigenvalue weighted by atomic mass is 10.1. The molecule has 15 heavy (non-hydrogen) atoms. The van der Waals surface area contributed by atoms with Crippen LogP contribution in [-0.2, 0) is 11.4 Å². The summed E-state index contributed by atoms with van der Waals surface area (Å²) >= 11 is 0. The van der Waals surface area contributed by atoms with Gasteiger partial charge in [-0.25, -0.2) is 4.98 Å². The normalized spacial score (nSPS) is 10.5. The molecule has 0 atom stereocenters. The highest BCUT2D eigenvalue weighted by atomic mass is 16.6. The van der Waals surface area contributed by atoms with Crippen LogP contribution in [0.3, 0.4) is 0 Å². The van der Waals surface area contributed by atoms with Gasteiger partial charge in [0.25, 0.3) is 0 Å². The van der Waals surface area contributed by atoms with Crippen molar-refractivity contribution in [1.82, 2.24) is 10.5 Å². The molecule has 1 heterocycles. The Kier molecular flexibility index (Phi) is 3.11. The summed E-state index contributed by atoms with van der Waals surface area (Å²) in [5, 5.41) is 0. The zero-order valence-electron chi connectivity index (χ0n) is 8.43. The van der Waals surface area contributed by atoms with Gasteiger partial charge in [0, 0.05) is 12.1 Å². The van der Waals surface area contributed by atoms with Crippen molar-refractivity contribution in [2.75, 3.05) is 7.11 Å². The Morgan fingerprint density at radius 3 is 3.00 bits per heavy atom. The van der Waals surface area contributed by atoms with Gasteiger partial charge in [0.1, 0.15) is 6.26 Å². The molecule has 0 saturated heterocycles. The number of nitrogens with one attached hydrogen (secondary N) is 1. The van der Waals surface area contributed by atoms with Crippen LogP contribution in [0.5, 0.6) is 0 Å². The maximum atomic E-state index is 5.26. The van der Waals surface area contributed by atoms with E-state index in [1.54, 1.807) is 19.6 Å². The molecule has 0 aliphatic heterocycles. The second-order valence-electron chi connectivity index (χ2n) is 3.02. The highest BCUT2D eigenvalue weighted by Crippen LogP contribution is 2.21. The van der Waals surface area contributed by atoms with Gasteiger partial charge >= 0.3 is 0 Å². The molecule has 0 saturated carbocycles. The SMILES string of the molecule is CONCc1ccccc1-c1ncco1. The van der Waals surface area contributed by atoms with Crippen molar-refractivity contribution in [2.45, 2.75) is 6.54 Å². The molecule has 0 aliphatic rings.